The van der Waals surface area contributed by atoms with Crippen molar-refractivity contribution < 1.29 is 9.59 Å². The minimum atomic E-state index is -0.136. The van der Waals surface area contributed by atoms with E-state index in [4.69, 9.17) is 11.6 Å². The van der Waals surface area contributed by atoms with Crippen LogP contribution in [0.4, 0.5) is 5.82 Å². The second kappa shape index (κ2) is 9.67. The van der Waals surface area contributed by atoms with Gasteiger partial charge in [0.15, 0.2) is 0 Å². The summed E-state index contributed by atoms with van der Waals surface area (Å²) < 4.78 is 0. The van der Waals surface area contributed by atoms with Crippen molar-refractivity contribution in [2.24, 2.45) is 0 Å². The van der Waals surface area contributed by atoms with Gasteiger partial charge in [-0.05, 0) is 42.7 Å². The molecular weight excluding hydrogens is 326 g/mol. The minimum Gasteiger partial charge on any atom is -0.356 e. The molecular formula is C18H20ClN3O2. The fourth-order valence-electron chi connectivity index (χ4n) is 2.14. The Morgan fingerprint density at radius 2 is 1.75 bits per heavy atom. The number of amides is 2. The molecule has 2 N–H and O–H groups in total. The Morgan fingerprint density at radius 1 is 1.00 bits per heavy atom. The van der Waals surface area contributed by atoms with Crippen molar-refractivity contribution in [3.63, 3.8) is 0 Å². The number of aromatic nitrogens is 1. The number of hydrogen-bond donors (Lipinski definition) is 2. The number of nitrogens with one attached hydrogen (secondary N) is 2. The molecule has 1 aromatic carbocycles. The summed E-state index contributed by atoms with van der Waals surface area (Å²) in [5.74, 6) is 0.340. The van der Waals surface area contributed by atoms with Gasteiger partial charge in [0, 0.05) is 30.6 Å². The van der Waals surface area contributed by atoms with Crippen LogP contribution in [-0.2, 0) is 16.0 Å². The first-order valence-corrected chi connectivity index (χ1v) is 8.23. The lowest BCUT2D eigenvalue weighted by Crippen LogP contribution is -2.25. The molecule has 0 spiro atoms. The van der Waals surface area contributed by atoms with Gasteiger partial charge in [0.1, 0.15) is 5.82 Å². The average Bonchev–Trinajstić information content (AvgIpc) is 2.57. The second-order valence-corrected chi connectivity index (χ2v) is 5.78. The van der Waals surface area contributed by atoms with Gasteiger partial charge in [0.25, 0.3) is 0 Å². The van der Waals surface area contributed by atoms with E-state index in [-0.39, 0.29) is 11.8 Å². The van der Waals surface area contributed by atoms with Crippen LogP contribution in [0.3, 0.4) is 0 Å². The first kappa shape index (κ1) is 17.9. The third-order valence-electron chi connectivity index (χ3n) is 3.39. The van der Waals surface area contributed by atoms with Crippen LogP contribution in [0, 0.1) is 0 Å². The molecule has 0 bridgehead atoms. The lowest BCUT2D eigenvalue weighted by Gasteiger charge is -2.06. The summed E-state index contributed by atoms with van der Waals surface area (Å²) in [7, 11) is 0. The summed E-state index contributed by atoms with van der Waals surface area (Å²) >= 11 is 5.82. The third kappa shape index (κ3) is 6.79. The molecule has 2 amide bonds. The van der Waals surface area contributed by atoms with Gasteiger partial charge in [0.2, 0.25) is 11.8 Å². The Labute approximate surface area is 146 Å². The molecule has 0 aliphatic heterocycles. The largest absolute Gasteiger partial charge is 0.356 e. The van der Waals surface area contributed by atoms with Crippen molar-refractivity contribution in [3.05, 3.63) is 59.2 Å². The molecule has 2 aromatic rings. The van der Waals surface area contributed by atoms with Crippen molar-refractivity contribution in [1.29, 1.82) is 0 Å². The van der Waals surface area contributed by atoms with Gasteiger partial charge < -0.3 is 10.6 Å². The Hall–Kier alpha value is -2.40. The molecule has 2 rings (SSSR count). The van der Waals surface area contributed by atoms with Gasteiger partial charge in [-0.25, -0.2) is 4.98 Å². The zero-order valence-electron chi connectivity index (χ0n) is 13.3. The maximum Gasteiger partial charge on any atom is 0.225 e. The molecule has 0 aliphatic rings. The predicted octanol–water partition coefficient (Wildman–Crippen LogP) is 3.20. The highest BCUT2D eigenvalue weighted by Crippen LogP contribution is 2.09. The van der Waals surface area contributed by atoms with Crippen molar-refractivity contribution in [1.82, 2.24) is 10.3 Å². The van der Waals surface area contributed by atoms with Crippen LogP contribution in [0.2, 0.25) is 5.02 Å². The molecule has 0 atom stereocenters. The molecule has 6 heteroatoms. The van der Waals surface area contributed by atoms with Crippen LogP contribution in [0.15, 0.2) is 48.7 Å². The van der Waals surface area contributed by atoms with E-state index in [1.54, 1.807) is 24.4 Å². The van der Waals surface area contributed by atoms with Crippen LogP contribution < -0.4 is 10.6 Å². The van der Waals surface area contributed by atoms with E-state index in [1.807, 2.05) is 24.3 Å². The topological polar surface area (TPSA) is 71.1 Å². The molecule has 0 fully saturated rings. The van der Waals surface area contributed by atoms with Gasteiger partial charge in [-0.1, -0.05) is 29.8 Å². The van der Waals surface area contributed by atoms with E-state index in [0.717, 1.165) is 12.0 Å². The quantitative estimate of drug-likeness (QED) is 0.771. The SMILES string of the molecule is O=C(CCCC(=O)Nc1ccccn1)NCCc1ccc(Cl)cc1. The number of hydrogen-bond acceptors (Lipinski definition) is 3. The lowest BCUT2D eigenvalue weighted by molar-refractivity contribution is -0.121. The molecule has 0 saturated carbocycles. The lowest BCUT2D eigenvalue weighted by atomic mass is 10.1. The first-order valence-electron chi connectivity index (χ1n) is 7.85. The van der Waals surface area contributed by atoms with Crippen LogP contribution >= 0.6 is 11.6 Å². The highest BCUT2D eigenvalue weighted by Gasteiger charge is 2.06. The second-order valence-electron chi connectivity index (χ2n) is 5.34. The number of carbonyl (C=O) groups excluding carboxylic acids is 2. The van der Waals surface area contributed by atoms with Crippen molar-refractivity contribution >= 4 is 29.2 Å². The highest BCUT2D eigenvalue weighted by atomic mass is 35.5. The molecule has 0 saturated heterocycles. The van der Waals surface area contributed by atoms with Gasteiger partial charge in [0.05, 0.1) is 0 Å². The summed E-state index contributed by atoms with van der Waals surface area (Å²) in [6.07, 6.45) is 3.50. The summed E-state index contributed by atoms with van der Waals surface area (Å²) in [4.78, 5) is 27.5. The van der Waals surface area contributed by atoms with Crippen LogP contribution in [0.25, 0.3) is 0 Å². The highest BCUT2D eigenvalue weighted by molar-refractivity contribution is 6.30. The van der Waals surface area contributed by atoms with E-state index < -0.39 is 0 Å². The van der Waals surface area contributed by atoms with Gasteiger partial charge in [-0.2, -0.15) is 0 Å². The van der Waals surface area contributed by atoms with Gasteiger partial charge in [-0.3, -0.25) is 9.59 Å². The zero-order valence-corrected chi connectivity index (χ0v) is 14.1. The third-order valence-corrected chi connectivity index (χ3v) is 3.64. The van der Waals surface area contributed by atoms with Crippen LogP contribution in [0.5, 0.6) is 0 Å². The molecule has 5 nitrogen and oxygen atoms in total. The van der Waals surface area contributed by atoms with Crippen LogP contribution in [-0.4, -0.2) is 23.3 Å². The summed E-state index contributed by atoms with van der Waals surface area (Å²) in [6.45, 7) is 0.570. The summed E-state index contributed by atoms with van der Waals surface area (Å²) in [6, 6.07) is 12.9. The van der Waals surface area contributed by atoms with Crippen molar-refractivity contribution in [3.8, 4) is 0 Å². The number of nitrogens with zero attached hydrogens (tertiary/aromatic N) is 1. The maximum atomic E-state index is 11.8. The summed E-state index contributed by atoms with van der Waals surface area (Å²) in [5, 5.41) is 6.25. The average molecular weight is 346 g/mol. The molecule has 1 heterocycles. The number of benzene rings is 1. The van der Waals surface area contributed by atoms with E-state index in [1.165, 1.54) is 0 Å². The Bertz CT molecular complexity index is 660. The van der Waals surface area contributed by atoms with E-state index >= 15 is 0 Å². The number of halogens is 1. The van der Waals surface area contributed by atoms with Gasteiger partial charge >= 0.3 is 0 Å². The summed E-state index contributed by atoms with van der Waals surface area (Å²) in [5.41, 5.74) is 1.12. The molecule has 126 valence electrons. The predicted molar refractivity (Wildman–Crippen MR) is 94.9 cm³/mol. The molecule has 24 heavy (non-hydrogen) atoms. The van der Waals surface area contributed by atoms with Crippen molar-refractivity contribution in [2.75, 3.05) is 11.9 Å². The minimum absolute atomic E-state index is 0.0467. The molecule has 0 unspecified atom stereocenters. The van der Waals surface area contributed by atoms with Crippen LogP contribution in [0.1, 0.15) is 24.8 Å². The number of carbonyl (C=O) groups is 2. The first-order chi connectivity index (χ1) is 11.6. The number of anilines is 1. The number of pyridine rings is 1. The fourth-order valence-corrected chi connectivity index (χ4v) is 2.26. The Morgan fingerprint density at radius 3 is 2.46 bits per heavy atom. The van der Waals surface area contributed by atoms with Gasteiger partial charge in [-0.15, -0.1) is 0 Å². The Balaban J connectivity index is 1.57. The van der Waals surface area contributed by atoms with Crippen molar-refractivity contribution in [2.45, 2.75) is 25.7 Å². The normalized spacial score (nSPS) is 10.2. The molecule has 0 radical (unpaired) electrons. The molecule has 0 aliphatic carbocycles. The fraction of sp³-hybridized carbons (Fsp3) is 0.278. The zero-order chi connectivity index (χ0) is 17.2. The maximum absolute atomic E-state index is 11.8. The smallest absolute Gasteiger partial charge is 0.225 e. The van der Waals surface area contributed by atoms with E-state index in [2.05, 4.69) is 15.6 Å². The number of rotatable bonds is 8. The van der Waals surface area contributed by atoms with E-state index in [0.29, 0.717) is 36.6 Å². The monoisotopic (exact) mass is 345 g/mol. The van der Waals surface area contributed by atoms with E-state index in [9.17, 15) is 9.59 Å². The standard InChI is InChI=1S/C18H20ClN3O2/c19-15-9-7-14(8-10-15)11-13-21-17(23)5-3-6-18(24)22-16-4-1-2-12-20-16/h1-2,4,7-10,12H,3,5-6,11,13H2,(H,21,23)(H,20,22,24). The Kier molecular flexibility index (Phi) is 7.23. The molecule has 1 aromatic heterocycles.